The van der Waals surface area contributed by atoms with Crippen molar-refractivity contribution in [3.63, 3.8) is 0 Å². The number of amides is 1. The van der Waals surface area contributed by atoms with E-state index in [-0.39, 0.29) is 5.91 Å². The van der Waals surface area contributed by atoms with Gasteiger partial charge in [-0.1, -0.05) is 12.1 Å². The molecular weight excluding hydrogens is 290 g/mol. The molecular formula is C18H25N3O2. The number of rotatable bonds is 3. The third-order valence-corrected chi connectivity index (χ3v) is 4.37. The number of carbonyl (C=O) groups is 1. The van der Waals surface area contributed by atoms with Gasteiger partial charge in [-0.25, -0.2) is 0 Å². The molecule has 124 valence electrons. The van der Waals surface area contributed by atoms with Crippen molar-refractivity contribution in [2.24, 2.45) is 0 Å². The molecule has 2 fully saturated rings. The lowest BCUT2D eigenvalue weighted by molar-refractivity contribution is -0.127. The summed E-state index contributed by atoms with van der Waals surface area (Å²) < 4.78 is 5.38. The standard InChI is InChI=1S/C18H25N3O2/c1-15-14-21(9-8-19-15)18(22)7-4-16-2-5-17(6-3-16)20-10-12-23-13-11-20/h2-7,15,19H,8-14H2,1H3/b7-4+. The second kappa shape index (κ2) is 7.62. The summed E-state index contributed by atoms with van der Waals surface area (Å²) in [7, 11) is 0. The first kappa shape index (κ1) is 16.0. The predicted octanol–water partition coefficient (Wildman–Crippen LogP) is 1.36. The quantitative estimate of drug-likeness (QED) is 0.856. The van der Waals surface area contributed by atoms with E-state index in [1.165, 1.54) is 5.69 Å². The fourth-order valence-electron chi connectivity index (χ4n) is 3.02. The number of morpholine rings is 1. The Morgan fingerprint density at radius 3 is 2.65 bits per heavy atom. The summed E-state index contributed by atoms with van der Waals surface area (Å²) >= 11 is 0. The van der Waals surface area contributed by atoms with E-state index in [4.69, 9.17) is 4.74 Å². The number of carbonyl (C=O) groups excluding carboxylic acids is 1. The summed E-state index contributed by atoms with van der Waals surface area (Å²) in [5, 5.41) is 3.35. The molecule has 3 rings (SSSR count). The van der Waals surface area contributed by atoms with Crippen LogP contribution in [0.2, 0.25) is 0 Å². The number of nitrogens with one attached hydrogen (secondary N) is 1. The van der Waals surface area contributed by atoms with Gasteiger partial charge in [-0.05, 0) is 30.7 Å². The van der Waals surface area contributed by atoms with Crippen molar-refractivity contribution in [3.05, 3.63) is 35.9 Å². The van der Waals surface area contributed by atoms with E-state index in [0.717, 1.165) is 51.5 Å². The Labute approximate surface area is 137 Å². The highest BCUT2D eigenvalue weighted by molar-refractivity contribution is 5.91. The number of nitrogens with zero attached hydrogens (tertiary/aromatic N) is 2. The molecule has 5 nitrogen and oxygen atoms in total. The van der Waals surface area contributed by atoms with Crippen molar-refractivity contribution in [1.29, 1.82) is 0 Å². The molecule has 2 aliphatic rings. The lowest BCUT2D eigenvalue weighted by Gasteiger charge is -2.31. The Balaban J connectivity index is 1.57. The van der Waals surface area contributed by atoms with E-state index < -0.39 is 0 Å². The zero-order valence-corrected chi connectivity index (χ0v) is 13.7. The first-order valence-electron chi connectivity index (χ1n) is 8.35. The zero-order chi connectivity index (χ0) is 16.1. The number of ether oxygens (including phenoxy) is 1. The van der Waals surface area contributed by atoms with Crippen molar-refractivity contribution < 1.29 is 9.53 Å². The molecule has 1 aromatic rings. The van der Waals surface area contributed by atoms with E-state index in [0.29, 0.717) is 6.04 Å². The number of benzene rings is 1. The molecule has 1 atom stereocenters. The van der Waals surface area contributed by atoms with E-state index in [1.54, 1.807) is 6.08 Å². The van der Waals surface area contributed by atoms with Gasteiger partial charge in [0.1, 0.15) is 0 Å². The van der Waals surface area contributed by atoms with Crippen LogP contribution in [-0.4, -0.2) is 62.8 Å². The highest BCUT2D eigenvalue weighted by atomic mass is 16.5. The van der Waals surface area contributed by atoms with Crippen LogP contribution in [0.3, 0.4) is 0 Å². The molecule has 0 saturated carbocycles. The summed E-state index contributed by atoms with van der Waals surface area (Å²) in [6, 6.07) is 8.73. The Morgan fingerprint density at radius 2 is 1.96 bits per heavy atom. The smallest absolute Gasteiger partial charge is 0.246 e. The normalized spacial score (nSPS) is 22.6. The third kappa shape index (κ3) is 4.33. The van der Waals surface area contributed by atoms with Crippen molar-refractivity contribution >= 4 is 17.7 Å². The molecule has 0 spiro atoms. The van der Waals surface area contributed by atoms with E-state index in [2.05, 4.69) is 41.4 Å². The predicted molar refractivity (Wildman–Crippen MR) is 92.6 cm³/mol. The molecule has 0 bridgehead atoms. The minimum absolute atomic E-state index is 0.0932. The lowest BCUT2D eigenvalue weighted by atomic mass is 10.1. The van der Waals surface area contributed by atoms with Crippen LogP contribution in [0.25, 0.3) is 6.08 Å². The second-order valence-corrected chi connectivity index (χ2v) is 6.16. The minimum Gasteiger partial charge on any atom is -0.378 e. The number of hydrogen-bond donors (Lipinski definition) is 1. The summed E-state index contributed by atoms with van der Waals surface area (Å²) in [6.45, 7) is 7.99. The van der Waals surface area contributed by atoms with Crippen LogP contribution in [0.4, 0.5) is 5.69 Å². The van der Waals surface area contributed by atoms with Crippen LogP contribution in [0, 0.1) is 0 Å². The van der Waals surface area contributed by atoms with Crippen LogP contribution in [0.5, 0.6) is 0 Å². The molecule has 0 aromatic heterocycles. The monoisotopic (exact) mass is 315 g/mol. The largest absolute Gasteiger partial charge is 0.378 e. The van der Waals surface area contributed by atoms with Gasteiger partial charge in [0.05, 0.1) is 13.2 Å². The SMILES string of the molecule is CC1CN(C(=O)/C=C/c2ccc(N3CCOCC3)cc2)CCN1. The average molecular weight is 315 g/mol. The maximum Gasteiger partial charge on any atom is 0.246 e. The number of hydrogen-bond acceptors (Lipinski definition) is 4. The molecule has 23 heavy (non-hydrogen) atoms. The van der Waals surface area contributed by atoms with E-state index >= 15 is 0 Å². The molecule has 5 heteroatoms. The third-order valence-electron chi connectivity index (χ3n) is 4.37. The molecule has 2 heterocycles. The Kier molecular flexibility index (Phi) is 5.31. The fraction of sp³-hybridized carbons (Fsp3) is 0.500. The van der Waals surface area contributed by atoms with Crippen molar-refractivity contribution in [2.45, 2.75) is 13.0 Å². The lowest BCUT2D eigenvalue weighted by Crippen LogP contribution is -2.50. The van der Waals surface area contributed by atoms with Crippen LogP contribution >= 0.6 is 0 Å². The van der Waals surface area contributed by atoms with Crippen LogP contribution in [0.15, 0.2) is 30.3 Å². The van der Waals surface area contributed by atoms with Gasteiger partial charge < -0.3 is 19.9 Å². The molecule has 2 saturated heterocycles. The second-order valence-electron chi connectivity index (χ2n) is 6.16. The molecule has 1 N–H and O–H groups in total. The number of piperazine rings is 1. The maximum absolute atomic E-state index is 12.2. The first-order chi connectivity index (χ1) is 11.2. The van der Waals surface area contributed by atoms with Gasteiger partial charge in [-0.3, -0.25) is 4.79 Å². The fourth-order valence-corrected chi connectivity index (χ4v) is 3.02. The summed E-state index contributed by atoms with van der Waals surface area (Å²) in [6.07, 6.45) is 3.58. The highest BCUT2D eigenvalue weighted by Crippen LogP contribution is 2.17. The first-order valence-corrected chi connectivity index (χ1v) is 8.35. The summed E-state index contributed by atoms with van der Waals surface area (Å²) in [4.78, 5) is 16.4. The topological polar surface area (TPSA) is 44.8 Å². The average Bonchev–Trinajstić information content (AvgIpc) is 2.61. The van der Waals surface area contributed by atoms with Crippen LogP contribution in [-0.2, 0) is 9.53 Å². The van der Waals surface area contributed by atoms with Crippen molar-refractivity contribution in [1.82, 2.24) is 10.2 Å². The van der Waals surface area contributed by atoms with E-state index in [9.17, 15) is 4.79 Å². The Hall–Kier alpha value is -1.85. The van der Waals surface area contributed by atoms with Crippen LogP contribution < -0.4 is 10.2 Å². The highest BCUT2D eigenvalue weighted by Gasteiger charge is 2.18. The number of anilines is 1. The van der Waals surface area contributed by atoms with Gasteiger partial charge in [0, 0.05) is 50.5 Å². The maximum atomic E-state index is 12.2. The van der Waals surface area contributed by atoms with Gasteiger partial charge in [-0.15, -0.1) is 0 Å². The molecule has 1 amide bonds. The summed E-state index contributed by atoms with van der Waals surface area (Å²) in [5.41, 5.74) is 2.27. The van der Waals surface area contributed by atoms with E-state index in [1.807, 2.05) is 11.0 Å². The summed E-state index contributed by atoms with van der Waals surface area (Å²) in [5.74, 6) is 0.0932. The molecule has 1 aromatic carbocycles. The van der Waals surface area contributed by atoms with Gasteiger partial charge in [-0.2, -0.15) is 0 Å². The van der Waals surface area contributed by atoms with Crippen molar-refractivity contribution in [3.8, 4) is 0 Å². The van der Waals surface area contributed by atoms with Gasteiger partial charge in [0.15, 0.2) is 0 Å². The van der Waals surface area contributed by atoms with Gasteiger partial charge in [0.25, 0.3) is 0 Å². The Bertz CT molecular complexity index is 550. The molecule has 1 unspecified atom stereocenters. The van der Waals surface area contributed by atoms with Crippen molar-refractivity contribution in [2.75, 3.05) is 50.8 Å². The molecule has 0 radical (unpaired) electrons. The van der Waals surface area contributed by atoms with Gasteiger partial charge in [0.2, 0.25) is 5.91 Å². The minimum atomic E-state index is 0.0932. The molecule has 0 aliphatic carbocycles. The zero-order valence-electron chi connectivity index (χ0n) is 13.7. The Morgan fingerprint density at radius 1 is 1.22 bits per heavy atom. The van der Waals surface area contributed by atoms with Gasteiger partial charge >= 0.3 is 0 Å². The van der Waals surface area contributed by atoms with Crippen LogP contribution in [0.1, 0.15) is 12.5 Å². The molecule has 2 aliphatic heterocycles.